The normalized spacial score (nSPS) is 13.4. The molecule has 0 fully saturated rings. The van der Waals surface area contributed by atoms with Gasteiger partial charge in [0, 0.05) is 50.6 Å². The van der Waals surface area contributed by atoms with E-state index in [1.165, 1.54) is 0 Å². The monoisotopic (exact) mass is 377 g/mol. The molecule has 7 nitrogen and oxygen atoms in total. The van der Waals surface area contributed by atoms with Gasteiger partial charge in [-0.15, -0.1) is 0 Å². The van der Waals surface area contributed by atoms with Gasteiger partial charge in [0.1, 0.15) is 17.3 Å². The van der Waals surface area contributed by atoms with Gasteiger partial charge in [-0.05, 0) is 24.3 Å². The van der Waals surface area contributed by atoms with Gasteiger partial charge in [-0.1, -0.05) is 18.2 Å². The number of carbonyl (C=O) groups excluding carboxylic acids is 1. The minimum Gasteiger partial charge on any atom is -0.491 e. The largest absolute Gasteiger partial charge is 0.491 e. The molecule has 0 atom stereocenters. The molecular weight excluding hydrogens is 354 g/mol. The van der Waals surface area contributed by atoms with Crippen LogP contribution in [0.5, 0.6) is 5.75 Å². The van der Waals surface area contributed by atoms with Crippen molar-refractivity contribution in [3.05, 3.63) is 72.1 Å². The number of imidazole rings is 1. The highest BCUT2D eigenvalue weighted by molar-refractivity contribution is 6.03. The van der Waals surface area contributed by atoms with E-state index in [1.54, 1.807) is 6.20 Å². The molecule has 2 N–H and O–H groups in total. The van der Waals surface area contributed by atoms with Crippen LogP contribution in [-0.2, 0) is 19.4 Å². The summed E-state index contributed by atoms with van der Waals surface area (Å²) in [5.41, 5.74) is 2.04. The molecule has 7 heteroatoms. The van der Waals surface area contributed by atoms with Gasteiger partial charge in [0.2, 0.25) is 0 Å². The van der Waals surface area contributed by atoms with Crippen LogP contribution in [0.15, 0.2) is 54.9 Å². The third-order valence-corrected chi connectivity index (χ3v) is 4.62. The van der Waals surface area contributed by atoms with E-state index in [-0.39, 0.29) is 5.91 Å². The lowest BCUT2D eigenvalue weighted by Crippen LogP contribution is -2.18. The Morgan fingerprint density at radius 2 is 2.07 bits per heavy atom. The number of nitrogens with one attached hydrogen (secondary N) is 2. The van der Waals surface area contributed by atoms with Crippen LogP contribution in [0.2, 0.25) is 0 Å². The Labute approximate surface area is 163 Å². The van der Waals surface area contributed by atoms with E-state index in [1.807, 2.05) is 53.2 Å². The first-order chi connectivity index (χ1) is 13.8. The Hall–Kier alpha value is -3.19. The number of para-hydroxylation sites is 2. The van der Waals surface area contributed by atoms with Gasteiger partial charge in [-0.25, -0.2) is 4.98 Å². The third kappa shape index (κ3) is 4.37. The number of anilines is 1. The van der Waals surface area contributed by atoms with Crippen LogP contribution in [-0.4, -0.2) is 40.1 Å². The second kappa shape index (κ2) is 8.67. The molecular formula is C21H23N5O2. The fraction of sp³-hybridized carbons (Fsp3) is 0.286. The van der Waals surface area contributed by atoms with Crippen molar-refractivity contribution in [3.63, 3.8) is 0 Å². The van der Waals surface area contributed by atoms with Crippen LogP contribution >= 0.6 is 0 Å². The summed E-state index contributed by atoms with van der Waals surface area (Å²) < 4.78 is 7.93. The van der Waals surface area contributed by atoms with Crippen molar-refractivity contribution < 1.29 is 9.53 Å². The molecule has 3 aromatic rings. The highest BCUT2D eigenvalue weighted by Gasteiger charge is 2.17. The van der Waals surface area contributed by atoms with E-state index in [0.717, 1.165) is 37.6 Å². The van der Waals surface area contributed by atoms with E-state index in [9.17, 15) is 4.79 Å². The number of amides is 1. The average Bonchev–Trinajstić information content (AvgIpc) is 3.01. The Morgan fingerprint density at radius 1 is 1.18 bits per heavy atom. The lowest BCUT2D eigenvalue weighted by molar-refractivity contribution is 0.102. The number of hydrogen-bond acceptors (Lipinski definition) is 5. The van der Waals surface area contributed by atoms with Gasteiger partial charge < -0.3 is 19.9 Å². The summed E-state index contributed by atoms with van der Waals surface area (Å²) in [6, 6.07) is 13.3. The van der Waals surface area contributed by atoms with E-state index in [4.69, 9.17) is 4.74 Å². The number of benzene rings is 1. The van der Waals surface area contributed by atoms with E-state index < -0.39 is 0 Å². The fourth-order valence-electron chi connectivity index (χ4n) is 3.18. The third-order valence-electron chi connectivity index (χ3n) is 4.62. The number of pyridine rings is 1. The van der Waals surface area contributed by atoms with Gasteiger partial charge in [0.05, 0.1) is 12.3 Å². The lowest BCUT2D eigenvalue weighted by atomic mass is 10.2. The fourth-order valence-corrected chi connectivity index (χ4v) is 3.18. The van der Waals surface area contributed by atoms with Gasteiger partial charge >= 0.3 is 0 Å². The zero-order chi connectivity index (χ0) is 19.2. The minimum atomic E-state index is -0.227. The number of fused-ring (bicyclic) bond motifs is 1. The number of ether oxygens (including phenoxy) is 1. The van der Waals surface area contributed by atoms with Gasteiger partial charge in [-0.2, -0.15) is 0 Å². The van der Waals surface area contributed by atoms with Gasteiger partial charge in [-0.3, -0.25) is 9.78 Å². The molecule has 1 aliphatic heterocycles. The topological polar surface area (TPSA) is 81.1 Å². The van der Waals surface area contributed by atoms with Gasteiger partial charge in [0.25, 0.3) is 5.91 Å². The molecule has 0 bridgehead atoms. The summed E-state index contributed by atoms with van der Waals surface area (Å²) in [6.07, 6.45) is 5.11. The molecule has 0 unspecified atom stereocenters. The molecule has 1 aromatic carbocycles. The first-order valence-corrected chi connectivity index (χ1v) is 9.49. The first kappa shape index (κ1) is 18.2. The summed E-state index contributed by atoms with van der Waals surface area (Å²) in [6.45, 7) is 3.07. The maximum atomic E-state index is 12.7. The Balaban J connectivity index is 1.41. The van der Waals surface area contributed by atoms with Crippen molar-refractivity contribution in [3.8, 4) is 5.75 Å². The Bertz CT molecular complexity index is 915. The average molecular weight is 377 g/mol. The van der Waals surface area contributed by atoms with E-state index in [0.29, 0.717) is 30.2 Å². The van der Waals surface area contributed by atoms with E-state index >= 15 is 0 Å². The predicted octanol–water partition coefficient (Wildman–Crippen LogP) is 2.30. The van der Waals surface area contributed by atoms with Crippen LogP contribution in [0.1, 0.15) is 22.0 Å². The quantitative estimate of drug-likeness (QED) is 0.689. The summed E-state index contributed by atoms with van der Waals surface area (Å²) in [5.74, 6) is 1.35. The molecule has 3 heterocycles. The molecule has 0 saturated heterocycles. The van der Waals surface area contributed by atoms with Gasteiger partial charge in [0.15, 0.2) is 0 Å². The van der Waals surface area contributed by atoms with Crippen LogP contribution in [0.4, 0.5) is 5.69 Å². The van der Waals surface area contributed by atoms with Crippen molar-refractivity contribution in [1.82, 2.24) is 19.9 Å². The highest BCUT2D eigenvalue weighted by atomic mass is 16.5. The number of rotatable bonds is 6. The maximum Gasteiger partial charge on any atom is 0.275 e. The van der Waals surface area contributed by atoms with Crippen LogP contribution in [0.3, 0.4) is 0 Å². The minimum absolute atomic E-state index is 0.227. The SMILES string of the molecule is O=C(Nc1ccccc1OCCc1ccccn1)c1cn2c(n1)CCNCC2. The maximum absolute atomic E-state index is 12.7. The zero-order valence-corrected chi connectivity index (χ0v) is 15.6. The summed E-state index contributed by atoms with van der Waals surface area (Å²) in [5, 5.41) is 6.25. The van der Waals surface area contributed by atoms with Crippen LogP contribution in [0, 0.1) is 0 Å². The number of carbonyl (C=O) groups is 1. The molecule has 1 aliphatic rings. The van der Waals surface area contributed by atoms with Crippen LogP contribution < -0.4 is 15.4 Å². The smallest absolute Gasteiger partial charge is 0.275 e. The molecule has 4 rings (SSSR count). The van der Waals surface area contributed by atoms with Crippen molar-refractivity contribution >= 4 is 11.6 Å². The molecule has 2 aromatic heterocycles. The molecule has 144 valence electrons. The molecule has 0 spiro atoms. The highest BCUT2D eigenvalue weighted by Crippen LogP contribution is 2.24. The van der Waals surface area contributed by atoms with Crippen molar-refractivity contribution in [1.29, 1.82) is 0 Å². The second-order valence-corrected chi connectivity index (χ2v) is 6.61. The summed E-state index contributed by atoms with van der Waals surface area (Å²) >= 11 is 0. The van der Waals surface area contributed by atoms with Crippen molar-refractivity contribution in [2.45, 2.75) is 19.4 Å². The predicted molar refractivity (Wildman–Crippen MR) is 107 cm³/mol. The lowest BCUT2D eigenvalue weighted by Gasteiger charge is -2.11. The number of nitrogens with zero attached hydrogens (tertiary/aromatic N) is 3. The Kier molecular flexibility index (Phi) is 5.63. The zero-order valence-electron chi connectivity index (χ0n) is 15.6. The molecule has 0 saturated carbocycles. The number of hydrogen-bond donors (Lipinski definition) is 2. The standard InChI is InChI=1S/C21H23N5O2/c27-21(18-15-26-13-12-22-11-8-20(26)24-18)25-17-6-1-2-7-19(17)28-14-9-16-5-3-4-10-23-16/h1-7,10,15,22H,8-9,11-14H2,(H,25,27). The summed E-state index contributed by atoms with van der Waals surface area (Å²) in [7, 11) is 0. The molecule has 28 heavy (non-hydrogen) atoms. The van der Waals surface area contributed by atoms with Crippen LogP contribution in [0.25, 0.3) is 0 Å². The Morgan fingerprint density at radius 3 is 2.96 bits per heavy atom. The first-order valence-electron chi connectivity index (χ1n) is 9.49. The molecule has 0 radical (unpaired) electrons. The number of aromatic nitrogens is 3. The summed E-state index contributed by atoms with van der Waals surface area (Å²) in [4.78, 5) is 21.5. The molecule has 1 amide bonds. The van der Waals surface area contributed by atoms with E-state index in [2.05, 4.69) is 20.6 Å². The van der Waals surface area contributed by atoms with Crippen molar-refractivity contribution in [2.24, 2.45) is 0 Å². The molecule has 0 aliphatic carbocycles. The second-order valence-electron chi connectivity index (χ2n) is 6.61. The van der Waals surface area contributed by atoms with Crippen molar-refractivity contribution in [2.75, 3.05) is 25.0 Å².